The number of nitrogens with one attached hydrogen (secondary N) is 1. The predicted octanol–water partition coefficient (Wildman–Crippen LogP) is 4.57. The SMILES string of the molecule is [C-]#[N+]C(C)(C)n1cc(Nc2ncc(Cl)c(OCC3CC(C)OC(C)C3)n2)c(C)n1. The van der Waals surface area contributed by atoms with Gasteiger partial charge in [0.1, 0.15) is 5.02 Å². The van der Waals surface area contributed by atoms with Crippen molar-refractivity contribution in [2.75, 3.05) is 11.9 Å². The summed E-state index contributed by atoms with van der Waals surface area (Å²) in [4.78, 5) is 12.3. The second-order valence-corrected chi connectivity index (χ2v) is 8.46. The molecule has 0 aromatic carbocycles. The standard InChI is InChI=1S/C20H27ClN6O2/c1-12-7-15(8-13(2)29-12)11-28-18-16(21)9-23-19(25-18)24-17-10-27(26-14(17)3)20(4,5)22-6/h9-10,12-13,15H,7-8,11H2,1-5H3,(H,23,24,25). The lowest BCUT2D eigenvalue weighted by atomic mass is 9.93. The van der Waals surface area contributed by atoms with E-state index in [0.29, 0.717) is 29.4 Å². The maximum atomic E-state index is 7.33. The van der Waals surface area contributed by atoms with E-state index in [2.05, 4.69) is 39.1 Å². The van der Waals surface area contributed by atoms with E-state index < -0.39 is 5.66 Å². The molecule has 29 heavy (non-hydrogen) atoms. The van der Waals surface area contributed by atoms with Gasteiger partial charge in [-0.25, -0.2) is 11.6 Å². The van der Waals surface area contributed by atoms with Crippen LogP contribution in [0.2, 0.25) is 5.02 Å². The van der Waals surface area contributed by atoms with Gasteiger partial charge in [-0.3, -0.25) is 4.85 Å². The van der Waals surface area contributed by atoms with Crippen molar-refractivity contribution in [3.05, 3.63) is 34.5 Å². The summed E-state index contributed by atoms with van der Waals surface area (Å²) in [6.07, 6.45) is 5.65. The van der Waals surface area contributed by atoms with Crippen molar-refractivity contribution < 1.29 is 9.47 Å². The Morgan fingerprint density at radius 3 is 2.72 bits per heavy atom. The summed E-state index contributed by atoms with van der Waals surface area (Å²) in [5.74, 6) is 1.11. The first-order valence-electron chi connectivity index (χ1n) is 9.71. The Morgan fingerprint density at radius 2 is 2.07 bits per heavy atom. The van der Waals surface area contributed by atoms with Crippen molar-refractivity contribution in [3.63, 3.8) is 0 Å². The number of anilines is 2. The first-order valence-corrected chi connectivity index (χ1v) is 10.1. The van der Waals surface area contributed by atoms with Crippen LogP contribution in [0.5, 0.6) is 5.88 Å². The third kappa shape index (κ3) is 5.17. The molecule has 0 saturated carbocycles. The summed E-state index contributed by atoms with van der Waals surface area (Å²) in [7, 11) is 0. The number of hydrogen-bond donors (Lipinski definition) is 1. The number of aromatic nitrogens is 4. The van der Waals surface area contributed by atoms with Crippen LogP contribution >= 0.6 is 11.6 Å². The molecule has 2 aromatic rings. The van der Waals surface area contributed by atoms with Crippen LogP contribution in [0.25, 0.3) is 4.85 Å². The molecule has 2 unspecified atom stereocenters. The van der Waals surface area contributed by atoms with Crippen LogP contribution in [-0.4, -0.2) is 38.6 Å². The van der Waals surface area contributed by atoms with E-state index in [1.165, 1.54) is 6.20 Å². The highest BCUT2D eigenvalue weighted by Gasteiger charge is 2.28. The maximum absolute atomic E-state index is 7.33. The van der Waals surface area contributed by atoms with Crippen LogP contribution in [0, 0.1) is 19.4 Å². The van der Waals surface area contributed by atoms with E-state index in [1.54, 1.807) is 24.7 Å². The lowest BCUT2D eigenvalue weighted by Gasteiger charge is -2.31. The molecule has 9 heteroatoms. The van der Waals surface area contributed by atoms with Gasteiger partial charge in [0.25, 0.3) is 0 Å². The highest BCUT2D eigenvalue weighted by atomic mass is 35.5. The van der Waals surface area contributed by atoms with Crippen LogP contribution in [0.1, 0.15) is 46.2 Å². The van der Waals surface area contributed by atoms with Gasteiger partial charge >= 0.3 is 5.66 Å². The summed E-state index contributed by atoms with van der Waals surface area (Å²) < 4.78 is 13.3. The third-order valence-corrected chi connectivity index (χ3v) is 5.20. The molecule has 1 saturated heterocycles. The number of rotatable bonds is 6. The van der Waals surface area contributed by atoms with E-state index in [0.717, 1.165) is 24.2 Å². The van der Waals surface area contributed by atoms with Crippen molar-refractivity contribution in [2.45, 2.75) is 65.3 Å². The lowest BCUT2D eigenvalue weighted by molar-refractivity contribution is -0.0595. The molecule has 1 N–H and O–H groups in total. The normalized spacial score (nSPS) is 22.2. The van der Waals surface area contributed by atoms with Gasteiger partial charge < -0.3 is 14.8 Å². The second-order valence-electron chi connectivity index (χ2n) is 8.06. The monoisotopic (exact) mass is 418 g/mol. The van der Waals surface area contributed by atoms with E-state index in [1.807, 2.05) is 6.92 Å². The fourth-order valence-corrected chi connectivity index (χ4v) is 3.57. The number of nitrogens with zero attached hydrogens (tertiary/aromatic N) is 5. The second kappa shape index (κ2) is 8.56. The topological polar surface area (TPSA) is 78.5 Å². The summed E-state index contributed by atoms with van der Waals surface area (Å²) in [5.41, 5.74) is 0.702. The van der Waals surface area contributed by atoms with Gasteiger partial charge in [-0.15, -0.1) is 0 Å². The van der Waals surface area contributed by atoms with Crippen LogP contribution in [0.4, 0.5) is 11.6 Å². The molecule has 2 atom stereocenters. The van der Waals surface area contributed by atoms with E-state index >= 15 is 0 Å². The fourth-order valence-electron chi connectivity index (χ4n) is 3.42. The van der Waals surface area contributed by atoms with Crippen molar-refractivity contribution in [1.29, 1.82) is 0 Å². The molecule has 3 rings (SSSR count). The first-order chi connectivity index (χ1) is 13.7. The Kier molecular flexibility index (Phi) is 6.30. The van der Waals surface area contributed by atoms with Gasteiger partial charge in [-0.1, -0.05) is 11.6 Å². The number of halogens is 1. The van der Waals surface area contributed by atoms with Crippen LogP contribution in [0.15, 0.2) is 12.4 Å². The minimum atomic E-state index is -0.766. The molecule has 0 amide bonds. The third-order valence-electron chi connectivity index (χ3n) is 4.94. The molecule has 0 bridgehead atoms. The highest BCUT2D eigenvalue weighted by Crippen LogP contribution is 2.29. The van der Waals surface area contributed by atoms with Crippen LogP contribution in [-0.2, 0) is 10.4 Å². The smallest absolute Gasteiger partial charge is 0.319 e. The van der Waals surface area contributed by atoms with Gasteiger partial charge in [0.05, 0.1) is 42.6 Å². The minimum Gasteiger partial charge on any atom is -0.476 e. The summed E-state index contributed by atoms with van der Waals surface area (Å²) >= 11 is 6.24. The molecule has 156 valence electrons. The van der Waals surface area contributed by atoms with E-state index in [-0.39, 0.29) is 12.2 Å². The highest BCUT2D eigenvalue weighted by molar-refractivity contribution is 6.31. The lowest BCUT2D eigenvalue weighted by Crippen LogP contribution is -2.32. The molecule has 1 aliphatic heterocycles. The number of aryl methyl sites for hydroxylation is 1. The average molecular weight is 419 g/mol. The predicted molar refractivity (Wildman–Crippen MR) is 111 cm³/mol. The van der Waals surface area contributed by atoms with Crippen molar-refractivity contribution in [2.24, 2.45) is 5.92 Å². The molecule has 3 heterocycles. The minimum absolute atomic E-state index is 0.227. The molecule has 1 aliphatic rings. The van der Waals surface area contributed by atoms with E-state index in [4.69, 9.17) is 27.6 Å². The molecule has 0 radical (unpaired) electrons. The fraction of sp³-hybridized carbons (Fsp3) is 0.600. The Hall–Kier alpha value is -2.37. The van der Waals surface area contributed by atoms with Crippen LogP contribution in [0.3, 0.4) is 0 Å². The average Bonchev–Trinajstić information content (AvgIpc) is 3.03. The molecular weight excluding hydrogens is 392 g/mol. The van der Waals surface area contributed by atoms with Gasteiger partial charge in [0, 0.05) is 13.8 Å². The van der Waals surface area contributed by atoms with E-state index in [9.17, 15) is 0 Å². The Balaban J connectivity index is 1.70. The molecule has 1 fully saturated rings. The maximum Gasteiger partial charge on any atom is 0.319 e. The summed E-state index contributed by atoms with van der Waals surface area (Å²) in [5, 5.41) is 7.92. The van der Waals surface area contributed by atoms with Crippen molar-refractivity contribution >= 4 is 23.2 Å². The molecule has 0 spiro atoms. The van der Waals surface area contributed by atoms with Gasteiger partial charge in [-0.05, 0) is 39.5 Å². The Labute approximate surface area is 176 Å². The molecular formula is C20H27ClN6O2. The van der Waals surface area contributed by atoms with Gasteiger partial charge in [-0.2, -0.15) is 14.8 Å². The quantitative estimate of drug-likeness (QED) is 0.692. The largest absolute Gasteiger partial charge is 0.476 e. The summed E-state index contributed by atoms with van der Waals surface area (Å²) in [6, 6.07) is 0. The number of hydrogen-bond acceptors (Lipinski definition) is 6. The van der Waals surface area contributed by atoms with Gasteiger partial charge in [0.2, 0.25) is 11.8 Å². The first kappa shape index (κ1) is 21.3. The molecule has 2 aromatic heterocycles. The van der Waals surface area contributed by atoms with Crippen molar-refractivity contribution in [1.82, 2.24) is 19.7 Å². The Morgan fingerprint density at radius 1 is 1.38 bits per heavy atom. The van der Waals surface area contributed by atoms with Crippen molar-refractivity contribution in [3.8, 4) is 5.88 Å². The Bertz CT molecular complexity index is 897. The molecule has 0 aliphatic carbocycles. The zero-order valence-corrected chi connectivity index (χ0v) is 18.2. The zero-order valence-electron chi connectivity index (χ0n) is 17.4. The number of ether oxygens (including phenoxy) is 2. The summed E-state index contributed by atoms with van der Waals surface area (Å²) in [6.45, 7) is 17.5. The zero-order chi connectivity index (χ0) is 21.2. The van der Waals surface area contributed by atoms with Gasteiger partial charge in [0.15, 0.2) is 0 Å². The molecule has 8 nitrogen and oxygen atoms in total. The van der Waals surface area contributed by atoms with Crippen LogP contribution < -0.4 is 10.1 Å².